The van der Waals surface area contributed by atoms with Crippen molar-refractivity contribution in [1.29, 1.82) is 0 Å². The quantitative estimate of drug-likeness (QED) is 0.667. The molecule has 1 heterocycles. The molecule has 0 saturated carbocycles. The zero-order chi connectivity index (χ0) is 12.5. The molecule has 1 aromatic heterocycles. The normalized spacial score (nSPS) is 13.2. The van der Waals surface area contributed by atoms with Gasteiger partial charge in [-0.05, 0) is 33.0 Å². The van der Waals surface area contributed by atoms with Crippen molar-refractivity contribution in [2.24, 2.45) is 0 Å². The highest BCUT2D eigenvalue weighted by atomic mass is 16.5. The molecule has 0 aliphatic rings. The van der Waals surface area contributed by atoms with Gasteiger partial charge in [-0.15, -0.1) is 0 Å². The molecular weight excluding hydrogens is 216 g/mol. The van der Waals surface area contributed by atoms with Crippen LogP contribution >= 0.6 is 0 Å². The highest BCUT2D eigenvalue weighted by Crippen LogP contribution is 2.06. The van der Waals surface area contributed by atoms with Crippen molar-refractivity contribution in [1.82, 2.24) is 10.2 Å². The second kappa shape index (κ2) is 8.28. The molecule has 1 atom stereocenters. The number of hydrogen-bond acceptors (Lipinski definition) is 4. The van der Waals surface area contributed by atoms with Gasteiger partial charge in [0, 0.05) is 38.4 Å². The molecule has 4 heteroatoms. The number of rotatable bonds is 9. The van der Waals surface area contributed by atoms with Crippen LogP contribution in [0, 0.1) is 0 Å². The summed E-state index contributed by atoms with van der Waals surface area (Å²) in [7, 11) is 3.87. The SMILES string of the molecule is COCCCNCC(C)N(C)Cc1ccoc1. The van der Waals surface area contributed by atoms with E-state index in [1.54, 1.807) is 19.6 Å². The number of hydrogen-bond donors (Lipinski definition) is 1. The van der Waals surface area contributed by atoms with Gasteiger partial charge < -0.3 is 14.5 Å². The van der Waals surface area contributed by atoms with Crippen molar-refractivity contribution < 1.29 is 9.15 Å². The van der Waals surface area contributed by atoms with Gasteiger partial charge in [0.25, 0.3) is 0 Å². The van der Waals surface area contributed by atoms with Crippen LogP contribution < -0.4 is 5.32 Å². The Bertz CT molecular complexity index is 275. The van der Waals surface area contributed by atoms with E-state index in [-0.39, 0.29) is 0 Å². The summed E-state index contributed by atoms with van der Waals surface area (Å²) in [6, 6.07) is 2.52. The molecule has 1 rings (SSSR count). The van der Waals surface area contributed by atoms with Crippen LogP contribution in [-0.2, 0) is 11.3 Å². The van der Waals surface area contributed by atoms with Gasteiger partial charge in [-0.3, -0.25) is 4.90 Å². The van der Waals surface area contributed by atoms with Gasteiger partial charge in [-0.25, -0.2) is 0 Å². The average molecular weight is 240 g/mol. The van der Waals surface area contributed by atoms with E-state index in [0.717, 1.165) is 32.7 Å². The Morgan fingerprint density at radius 2 is 2.35 bits per heavy atom. The van der Waals surface area contributed by atoms with Gasteiger partial charge in [0.05, 0.1) is 12.5 Å². The minimum absolute atomic E-state index is 0.507. The number of nitrogens with zero attached hydrogens (tertiary/aromatic N) is 1. The number of ether oxygens (including phenoxy) is 1. The van der Waals surface area contributed by atoms with Gasteiger partial charge in [-0.1, -0.05) is 0 Å². The van der Waals surface area contributed by atoms with E-state index in [9.17, 15) is 0 Å². The van der Waals surface area contributed by atoms with Gasteiger partial charge >= 0.3 is 0 Å². The Kier molecular flexibility index (Phi) is 6.93. The molecule has 0 aliphatic heterocycles. The maximum Gasteiger partial charge on any atom is 0.0947 e. The van der Waals surface area contributed by atoms with Crippen molar-refractivity contribution in [3.05, 3.63) is 24.2 Å². The Balaban J connectivity index is 2.11. The summed E-state index contributed by atoms with van der Waals surface area (Å²) in [5.74, 6) is 0. The molecular formula is C13H24N2O2. The van der Waals surface area contributed by atoms with Gasteiger partial charge in [0.1, 0.15) is 0 Å². The summed E-state index contributed by atoms with van der Waals surface area (Å²) in [6.07, 6.45) is 4.58. The lowest BCUT2D eigenvalue weighted by Gasteiger charge is -2.24. The van der Waals surface area contributed by atoms with Crippen molar-refractivity contribution >= 4 is 0 Å². The molecule has 0 aliphatic carbocycles. The van der Waals surface area contributed by atoms with E-state index < -0.39 is 0 Å². The number of methoxy groups -OCH3 is 1. The molecule has 1 unspecified atom stereocenters. The monoisotopic (exact) mass is 240 g/mol. The predicted molar refractivity (Wildman–Crippen MR) is 69.0 cm³/mol. The first-order valence-electron chi connectivity index (χ1n) is 6.15. The molecule has 0 radical (unpaired) electrons. The molecule has 98 valence electrons. The summed E-state index contributed by atoms with van der Waals surface area (Å²) in [6.45, 7) is 5.99. The highest BCUT2D eigenvalue weighted by molar-refractivity contribution is 5.04. The molecule has 1 N–H and O–H groups in total. The molecule has 0 spiro atoms. The maximum atomic E-state index is 5.06. The molecule has 0 fully saturated rings. The van der Waals surface area contributed by atoms with Crippen LogP contribution in [0.4, 0.5) is 0 Å². The Morgan fingerprint density at radius 1 is 1.53 bits per heavy atom. The van der Waals surface area contributed by atoms with Crippen molar-refractivity contribution in [3.63, 3.8) is 0 Å². The summed E-state index contributed by atoms with van der Waals surface area (Å²) < 4.78 is 10.1. The third kappa shape index (κ3) is 5.86. The fourth-order valence-corrected chi connectivity index (χ4v) is 1.63. The van der Waals surface area contributed by atoms with E-state index in [1.165, 1.54) is 5.56 Å². The van der Waals surface area contributed by atoms with E-state index >= 15 is 0 Å². The summed E-state index contributed by atoms with van der Waals surface area (Å²) in [4.78, 5) is 2.31. The lowest BCUT2D eigenvalue weighted by molar-refractivity contribution is 0.191. The minimum Gasteiger partial charge on any atom is -0.472 e. The summed E-state index contributed by atoms with van der Waals surface area (Å²) in [5, 5.41) is 3.44. The lowest BCUT2D eigenvalue weighted by Crippen LogP contribution is -2.37. The third-order valence-electron chi connectivity index (χ3n) is 2.91. The van der Waals surface area contributed by atoms with Crippen LogP contribution in [0.3, 0.4) is 0 Å². The first-order chi connectivity index (χ1) is 8.24. The van der Waals surface area contributed by atoms with Crippen LogP contribution in [0.5, 0.6) is 0 Å². The van der Waals surface area contributed by atoms with Crippen LogP contribution in [0.2, 0.25) is 0 Å². The standard InChI is InChI=1S/C13H24N2O2/c1-12(9-14-6-4-7-16-3)15(2)10-13-5-8-17-11-13/h5,8,11-12,14H,4,6-7,9-10H2,1-3H3. The second-order valence-electron chi connectivity index (χ2n) is 4.45. The van der Waals surface area contributed by atoms with Gasteiger partial charge in [-0.2, -0.15) is 0 Å². The van der Waals surface area contributed by atoms with Crippen molar-refractivity contribution in [2.75, 3.05) is 33.9 Å². The lowest BCUT2D eigenvalue weighted by atomic mass is 10.2. The molecule has 4 nitrogen and oxygen atoms in total. The van der Waals surface area contributed by atoms with E-state index in [1.807, 2.05) is 6.07 Å². The van der Waals surface area contributed by atoms with Gasteiger partial charge in [0.15, 0.2) is 0 Å². The van der Waals surface area contributed by atoms with Gasteiger partial charge in [0.2, 0.25) is 0 Å². The smallest absolute Gasteiger partial charge is 0.0947 e. The Labute approximate surface area is 104 Å². The first kappa shape index (κ1) is 14.2. The average Bonchev–Trinajstić information content (AvgIpc) is 2.81. The zero-order valence-electron chi connectivity index (χ0n) is 11.1. The first-order valence-corrected chi connectivity index (χ1v) is 6.15. The van der Waals surface area contributed by atoms with E-state index in [4.69, 9.17) is 9.15 Å². The molecule has 1 aromatic rings. The zero-order valence-corrected chi connectivity index (χ0v) is 11.1. The van der Waals surface area contributed by atoms with Crippen molar-refractivity contribution in [3.8, 4) is 0 Å². The summed E-state index contributed by atoms with van der Waals surface area (Å²) in [5.41, 5.74) is 1.22. The van der Waals surface area contributed by atoms with Crippen LogP contribution in [0.15, 0.2) is 23.0 Å². The maximum absolute atomic E-state index is 5.06. The predicted octanol–water partition coefficient (Wildman–Crippen LogP) is 1.73. The fourth-order valence-electron chi connectivity index (χ4n) is 1.63. The highest BCUT2D eigenvalue weighted by Gasteiger charge is 2.09. The molecule has 0 amide bonds. The third-order valence-corrected chi connectivity index (χ3v) is 2.91. The second-order valence-corrected chi connectivity index (χ2v) is 4.45. The van der Waals surface area contributed by atoms with Crippen LogP contribution in [0.1, 0.15) is 18.9 Å². The molecule has 0 bridgehead atoms. The Morgan fingerprint density at radius 3 is 3.00 bits per heavy atom. The molecule has 0 saturated heterocycles. The van der Waals surface area contributed by atoms with Crippen LogP contribution in [0.25, 0.3) is 0 Å². The number of nitrogens with one attached hydrogen (secondary N) is 1. The Hall–Kier alpha value is -0.840. The molecule has 0 aromatic carbocycles. The van der Waals surface area contributed by atoms with E-state index in [2.05, 4.69) is 24.2 Å². The number of furan rings is 1. The number of likely N-dealkylation sites (N-methyl/N-ethyl adjacent to an activating group) is 1. The topological polar surface area (TPSA) is 37.6 Å². The summed E-state index contributed by atoms with van der Waals surface area (Å²) >= 11 is 0. The minimum atomic E-state index is 0.507. The largest absolute Gasteiger partial charge is 0.472 e. The van der Waals surface area contributed by atoms with Crippen LogP contribution in [-0.4, -0.2) is 44.8 Å². The van der Waals surface area contributed by atoms with Crippen molar-refractivity contribution in [2.45, 2.75) is 25.9 Å². The van der Waals surface area contributed by atoms with E-state index in [0.29, 0.717) is 6.04 Å². The molecule has 17 heavy (non-hydrogen) atoms. The fraction of sp³-hybridized carbons (Fsp3) is 0.692.